The van der Waals surface area contributed by atoms with Gasteiger partial charge in [-0.05, 0) is 46.7 Å². The minimum atomic E-state index is -0.916. The number of hydrogen-bond acceptors (Lipinski definition) is 8. The molecule has 0 unspecified atom stereocenters. The number of hydrogen-bond donors (Lipinski definition) is 1. The average molecular weight is 758 g/mol. The van der Waals surface area contributed by atoms with Crippen molar-refractivity contribution in [2.45, 2.75) is 38.5 Å². The molecule has 57 heavy (non-hydrogen) atoms. The van der Waals surface area contributed by atoms with E-state index in [1.807, 2.05) is 73.1 Å². The molecule has 3 atom stereocenters. The van der Waals surface area contributed by atoms with Crippen molar-refractivity contribution in [2.75, 3.05) is 25.1 Å². The second kappa shape index (κ2) is 17.2. The maximum absolute atomic E-state index is 13.2. The van der Waals surface area contributed by atoms with Crippen LogP contribution in [0.5, 0.6) is 5.88 Å². The smallest absolute Gasteiger partial charge is 0.338 e. The van der Waals surface area contributed by atoms with Crippen molar-refractivity contribution in [1.82, 2.24) is 19.5 Å². The summed E-state index contributed by atoms with van der Waals surface area (Å²) < 4.78 is 21.9. The number of imidazole rings is 1. The number of fused-ring (bicyclic) bond motifs is 1. The van der Waals surface area contributed by atoms with Gasteiger partial charge in [0, 0.05) is 24.4 Å². The van der Waals surface area contributed by atoms with E-state index in [1.54, 1.807) is 12.1 Å². The van der Waals surface area contributed by atoms with Crippen LogP contribution in [-0.4, -0.2) is 45.2 Å². The number of esters is 1. The standard InChI is InChI=1S/C48H47N5O4/c1-34(2)29-49-47-51-44-43(45(52-47)55-30-35-18-8-3-9-19-35)50-33-53(44)42-28-37(31-56-46(54)36-20-10-4-11-21-36)41(42)32-57-48(38-22-12-5-13-23-38,39-24-14-6-15-25-39)40-26-16-7-17-27-40/h3-27,33-34,37,41-42H,28-32H2,1-2H3,(H,49,51,52)/t37-,41-,42-/m1/s1. The van der Waals surface area contributed by atoms with Crippen LogP contribution in [0.2, 0.25) is 0 Å². The molecular formula is C48H47N5O4. The van der Waals surface area contributed by atoms with Crippen LogP contribution in [0, 0.1) is 17.8 Å². The molecule has 2 heterocycles. The van der Waals surface area contributed by atoms with E-state index in [9.17, 15) is 4.79 Å². The van der Waals surface area contributed by atoms with Crippen LogP contribution in [0.1, 0.15) is 58.9 Å². The lowest BCUT2D eigenvalue weighted by atomic mass is 9.69. The van der Waals surface area contributed by atoms with E-state index >= 15 is 0 Å². The predicted octanol–water partition coefficient (Wildman–Crippen LogP) is 9.52. The molecule has 288 valence electrons. The molecule has 8 rings (SSSR count). The zero-order valence-corrected chi connectivity index (χ0v) is 32.3. The third kappa shape index (κ3) is 8.16. The van der Waals surface area contributed by atoms with E-state index < -0.39 is 5.60 Å². The molecule has 0 saturated heterocycles. The molecule has 5 aromatic carbocycles. The van der Waals surface area contributed by atoms with Crippen molar-refractivity contribution in [3.05, 3.63) is 186 Å². The quantitative estimate of drug-likeness (QED) is 0.0769. The molecule has 1 fully saturated rings. The molecule has 1 saturated carbocycles. The summed E-state index contributed by atoms with van der Waals surface area (Å²) in [6, 6.07) is 50.2. The molecule has 0 bridgehead atoms. The molecule has 1 N–H and O–H groups in total. The number of ether oxygens (including phenoxy) is 3. The lowest BCUT2D eigenvalue weighted by Crippen LogP contribution is -2.46. The third-order valence-corrected chi connectivity index (χ3v) is 10.7. The lowest BCUT2D eigenvalue weighted by Gasteiger charge is -2.47. The fourth-order valence-electron chi connectivity index (χ4n) is 7.70. The fourth-order valence-corrected chi connectivity index (χ4v) is 7.70. The van der Waals surface area contributed by atoms with Gasteiger partial charge in [-0.1, -0.05) is 153 Å². The lowest BCUT2D eigenvalue weighted by molar-refractivity contribution is -0.0788. The molecule has 1 aliphatic rings. The Kier molecular flexibility index (Phi) is 11.4. The Morgan fingerprint density at radius 2 is 1.32 bits per heavy atom. The summed E-state index contributed by atoms with van der Waals surface area (Å²) in [5.41, 5.74) is 4.97. The summed E-state index contributed by atoms with van der Waals surface area (Å²) in [5.74, 6) is 0.886. The van der Waals surface area contributed by atoms with E-state index in [0.29, 0.717) is 54.2 Å². The van der Waals surface area contributed by atoms with Crippen LogP contribution >= 0.6 is 0 Å². The Bertz CT molecular complexity index is 2260. The zero-order chi connectivity index (χ0) is 39.0. The van der Waals surface area contributed by atoms with Crippen LogP contribution in [-0.2, 0) is 21.7 Å². The van der Waals surface area contributed by atoms with E-state index in [2.05, 4.69) is 96.5 Å². The molecule has 0 aliphatic heterocycles. The highest BCUT2D eigenvalue weighted by molar-refractivity contribution is 5.89. The van der Waals surface area contributed by atoms with Crippen LogP contribution < -0.4 is 10.1 Å². The highest BCUT2D eigenvalue weighted by Gasteiger charge is 2.47. The summed E-state index contributed by atoms with van der Waals surface area (Å²) in [5, 5.41) is 3.41. The number of rotatable bonds is 16. The topological polar surface area (TPSA) is 100 Å². The first-order valence-corrected chi connectivity index (χ1v) is 19.7. The average Bonchev–Trinajstić information content (AvgIpc) is 3.68. The second-order valence-corrected chi connectivity index (χ2v) is 15.0. The first-order valence-electron chi connectivity index (χ1n) is 19.7. The van der Waals surface area contributed by atoms with Crippen LogP contribution in [0.15, 0.2) is 158 Å². The number of nitrogens with zero attached hydrogens (tertiary/aromatic N) is 4. The van der Waals surface area contributed by atoms with Gasteiger partial charge in [0.05, 0.1) is 25.1 Å². The van der Waals surface area contributed by atoms with Crippen molar-refractivity contribution in [1.29, 1.82) is 0 Å². The van der Waals surface area contributed by atoms with Gasteiger partial charge in [-0.2, -0.15) is 9.97 Å². The van der Waals surface area contributed by atoms with E-state index in [4.69, 9.17) is 29.2 Å². The number of aromatic nitrogens is 4. The number of nitrogens with one attached hydrogen (secondary N) is 1. The van der Waals surface area contributed by atoms with Gasteiger partial charge in [0.25, 0.3) is 0 Å². The Hall–Kier alpha value is -6.32. The van der Waals surface area contributed by atoms with Gasteiger partial charge in [-0.3, -0.25) is 0 Å². The zero-order valence-electron chi connectivity index (χ0n) is 32.3. The summed E-state index contributed by atoms with van der Waals surface area (Å²) in [7, 11) is 0. The largest absolute Gasteiger partial charge is 0.471 e. The summed E-state index contributed by atoms with van der Waals surface area (Å²) in [6.07, 6.45) is 2.57. The van der Waals surface area contributed by atoms with Crippen molar-refractivity contribution in [2.24, 2.45) is 17.8 Å². The van der Waals surface area contributed by atoms with Gasteiger partial charge < -0.3 is 24.1 Å². The van der Waals surface area contributed by atoms with Gasteiger partial charge in [-0.15, -0.1) is 0 Å². The molecular weight excluding hydrogens is 711 g/mol. The normalized spacial score (nSPS) is 16.6. The molecule has 2 aromatic heterocycles. The number of anilines is 1. The minimum Gasteiger partial charge on any atom is -0.471 e. The third-order valence-electron chi connectivity index (χ3n) is 10.7. The maximum Gasteiger partial charge on any atom is 0.338 e. The van der Waals surface area contributed by atoms with Crippen LogP contribution in [0.25, 0.3) is 11.2 Å². The minimum absolute atomic E-state index is 0.00862. The molecule has 1 aliphatic carbocycles. The van der Waals surface area contributed by atoms with E-state index in [0.717, 1.165) is 28.7 Å². The van der Waals surface area contributed by atoms with Gasteiger partial charge in [0.2, 0.25) is 11.8 Å². The Labute approximate surface area is 333 Å². The Morgan fingerprint density at radius 3 is 1.89 bits per heavy atom. The van der Waals surface area contributed by atoms with Gasteiger partial charge in [0.1, 0.15) is 12.2 Å². The Balaban J connectivity index is 1.17. The first kappa shape index (κ1) is 37.6. The number of benzene rings is 5. The number of carbonyl (C=O) groups excluding carboxylic acids is 1. The molecule has 7 aromatic rings. The van der Waals surface area contributed by atoms with E-state index in [1.165, 1.54) is 0 Å². The van der Waals surface area contributed by atoms with Crippen molar-refractivity contribution < 1.29 is 19.0 Å². The maximum atomic E-state index is 13.2. The summed E-state index contributed by atoms with van der Waals surface area (Å²) in [4.78, 5) is 27.9. The second-order valence-electron chi connectivity index (χ2n) is 15.0. The fraction of sp³-hybridized carbons (Fsp3) is 0.250. The molecule has 9 heteroatoms. The molecule has 9 nitrogen and oxygen atoms in total. The van der Waals surface area contributed by atoms with Crippen LogP contribution in [0.4, 0.5) is 5.95 Å². The summed E-state index contributed by atoms with van der Waals surface area (Å²) >= 11 is 0. The Morgan fingerprint density at radius 1 is 0.754 bits per heavy atom. The molecule has 0 spiro atoms. The van der Waals surface area contributed by atoms with Gasteiger partial charge >= 0.3 is 5.97 Å². The van der Waals surface area contributed by atoms with Gasteiger partial charge in [-0.25, -0.2) is 9.78 Å². The molecule has 0 radical (unpaired) electrons. The predicted molar refractivity (Wildman–Crippen MR) is 222 cm³/mol. The van der Waals surface area contributed by atoms with Gasteiger partial charge in [0.15, 0.2) is 11.2 Å². The van der Waals surface area contributed by atoms with E-state index in [-0.39, 0.29) is 30.5 Å². The first-order chi connectivity index (χ1) is 28.0. The SMILES string of the molecule is CC(C)CNc1nc(OCc2ccccc2)c2ncn([C@@H]3C[C@H](COC(=O)c4ccccc4)[C@H]3COC(c3ccccc3)(c3ccccc3)c3ccccc3)c2n1. The highest BCUT2D eigenvalue weighted by atomic mass is 16.5. The van der Waals surface area contributed by atoms with Crippen molar-refractivity contribution >= 4 is 23.1 Å². The van der Waals surface area contributed by atoms with Crippen LogP contribution in [0.3, 0.4) is 0 Å². The summed E-state index contributed by atoms with van der Waals surface area (Å²) in [6.45, 7) is 5.95. The van der Waals surface area contributed by atoms with Crippen molar-refractivity contribution in [3.8, 4) is 5.88 Å². The highest BCUT2D eigenvalue weighted by Crippen LogP contribution is 2.49. The molecule has 0 amide bonds. The van der Waals surface area contributed by atoms with Crippen molar-refractivity contribution in [3.63, 3.8) is 0 Å². The monoisotopic (exact) mass is 757 g/mol. The number of carbonyl (C=O) groups is 1.